The Bertz CT molecular complexity index is 905. The lowest BCUT2D eigenvalue weighted by molar-refractivity contribution is 0.414. The van der Waals surface area contributed by atoms with Crippen molar-refractivity contribution in [2.45, 2.75) is 6.92 Å². The monoisotopic (exact) mass is 356 g/mol. The summed E-state index contributed by atoms with van der Waals surface area (Å²) in [7, 11) is 1.62. The molecule has 3 rings (SSSR count). The molecule has 0 unspecified atom stereocenters. The molecule has 4 nitrogen and oxygen atoms in total. The second-order valence-corrected chi connectivity index (χ2v) is 5.78. The Hall–Kier alpha value is -2.45. The maximum Gasteiger partial charge on any atom is 0.131 e. The van der Waals surface area contributed by atoms with Crippen molar-refractivity contribution in [3.8, 4) is 23.3 Å². The van der Waals surface area contributed by atoms with Crippen molar-refractivity contribution in [3.63, 3.8) is 0 Å². The lowest BCUT2D eigenvalue weighted by Crippen LogP contribution is -1.97. The Labute approximate surface area is 136 Å². The fraction of sp³-hybridized carbons (Fsp3) is 0.118. The van der Waals surface area contributed by atoms with Gasteiger partial charge in [-0.3, -0.25) is 0 Å². The van der Waals surface area contributed by atoms with E-state index in [-0.39, 0.29) is 5.75 Å². The van der Waals surface area contributed by atoms with E-state index in [9.17, 15) is 10.4 Å². The standard InChI is InChI=1S/C17H13BrN2O2/c1-10-14(9-19)13-7-15(18)17(21)8-16(13)20(10)11-3-5-12(22-2)6-4-11/h3-8,21H,1-2H3. The summed E-state index contributed by atoms with van der Waals surface area (Å²) in [6.07, 6.45) is 0. The van der Waals surface area contributed by atoms with Crippen LogP contribution in [0.3, 0.4) is 0 Å². The molecule has 1 aromatic heterocycles. The highest BCUT2D eigenvalue weighted by molar-refractivity contribution is 9.10. The number of fused-ring (bicyclic) bond motifs is 1. The number of phenolic OH excluding ortho intramolecular Hbond substituents is 1. The Balaban J connectivity index is 2.35. The second kappa shape index (κ2) is 5.39. The second-order valence-electron chi connectivity index (χ2n) is 4.93. The van der Waals surface area contributed by atoms with Crippen LogP contribution in [-0.2, 0) is 0 Å². The Morgan fingerprint density at radius 1 is 1.23 bits per heavy atom. The molecule has 2 aromatic carbocycles. The average molecular weight is 357 g/mol. The number of aromatic hydroxyl groups is 1. The molecule has 0 fully saturated rings. The number of aromatic nitrogens is 1. The number of hydrogen-bond donors (Lipinski definition) is 1. The van der Waals surface area contributed by atoms with E-state index in [4.69, 9.17) is 4.74 Å². The van der Waals surface area contributed by atoms with Gasteiger partial charge in [0.15, 0.2) is 0 Å². The van der Waals surface area contributed by atoms with Crippen LogP contribution in [0, 0.1) is 18.3 Å². The van der Waals surface area contributed by atoms with Crippen LogP contribution < -0.4 is 4.74 Å². The maximum atomic E-state index is 9.98. The van der Waals surface area contributed by atoms with Gasteiger partial charge in [-0.05, 0) is 53.2 Å². The Morgan fingerprint density at radius 3 is 2.50 bits per heavy atom. The topological polar surface area (TPSA) is 58.2 Å². The molecule has 0 aliphatic rings. The van der Waals surface area contributed by atoms with Crippen molar-refractivity contribution < 1.29 is 9.84 Å². The molecule has 0 bridgehead atoms. The number of phenols is 1. The lowest BCUT2D eigenvalue weighted by atomic mass is 10.1. The molecule has 5 heteroatoms. The van der Waals surface area contributed by atoms with Crippen molar-refractivity contribution in [3.05, 3.63) is 52.1 Å². The van der Waals surface area contributed by atoms with Crippen molar-refractivity contribution >= 4 is 26.8 Å². The fourth-order valence-corrected chi connectivity index (χ4v) is 2.97. The van der Waals surface area contributed by atoms with Crippen LogP contribution in [0.5, 0.6) is 11.5 Å². The van der Waals surface area contributed by atoms with Crippen molar-refractivity contribution in [2.75, 3.05) is 7.11 Å². The van der Waals surface area contributed by atoms with Crippen LogP contribution in [0.4, 0.5) is 0 Å². The molecular weight excluding hydrogens is 344 g/mol. The van der Waals surface area contributed by atoms with Crippen LogP contribution in [-0.4, -0.2) is 16.8 Å². The number of benzene rings is 2. The molecule has 1 N–H and O–H groups in total. The highest BCUT2D eigenvalue weighted by Crippen LogP contribution is 2.35. The number of methoxy groups -OCH3 is 1. The molecule has 110 valence electrons. The number of halogens is 1. The van der Waals surface area contributed by atoms with Gasteiger partial charge in [0, 0.05) is 22.8 Å². The molecule has 0 saturated carbocycles. The van der Waals surface area contributed by atoms with E-state index in [1.54, 1.807) is 19.2 Å². The normalized spacial score (nSPS) is 10.6. The van der Waals surface area contributed by atoms with Crippen LogP contribution in [0.15, 0.2) is 40.9 Å². The molecule has 3 aromatic rings. The van der Waals surface area contributed by atoms with Gasteiger partial charge >= 0.3 is 0 Å². The summed E-state index contributed by atoms with van der Waals surface area (Å²) in [6, 6.07) is 13.3. The zero-order chi connectivity index (χ0) is 15.9. The third-order valence-corrected chi connectivity index (χ3v) is 4.35. The van der Waals surface area contributed by atoms with Crippen LogP contribution in [0.1, 0.15) is 11.3 Å². The Kier molecular flexibility index (Phi) is 3.55. The fourth-order valence-electron chi connectivity index (χ4n) is 2.63. The average Bonchev–Trinajstić information content (AvgIpc) is 2.79. The lowest BCUT2D eigenvalue weighted by Gasteiger charge is -2.09. The molecule has 1 heterocycles. The quantitative estimate of drug-likeness (QED) is 0.745. The third-order valence-electron chi connectivity index (χ3n) is 3.72. The SMILES string of the molecule is COc1ccc(-n2c(C)c(C#N)c3cc(Br)c(O)cc32)cc1. The number of ether oxygens (including phenoxy) is 1. The minimum absolute atomic E-state index is 0.143. The summed E-state index contributed by atoms with van der Waals surface area (Å²) in [5, 5.41) is 20.2. The van der Waals surface area contributed by atoms with E-state index in [2.05, 4.69) is 22.0 Å². The predicted octanol–water partition coefficient (Wildman–Crippen LogP) is 4.29. The van der Waals surface area contributed by atoms with Gasteiger partial charge in [0.1, 0.15) is 17.6 Å². The molecule has 0 amide bonds. The number of hydrogen-bond acceptors (Lipinski definition) is 3. The van der Waals surface area contributed by atoms with E-state index < -0.39 is 0 Å². The van der Waals surface area contributed by atoms with Crippen LogP contribution >= 0.6 is 15.9 Å². The van der Waals surface area contributed by atoms with E-state index in [0.29, 0.717) is 10.0 Å². The predicted molar refractivity (Wildman–Crippen MR) is 88.6 cm³/mol. The molecule has 0 spiro atoms. The van der Waals surface area contributed by atoms with Gasteiger partial charge < -0.3 is 14.4 Å². The maximum absolute atomic E-state index is 9.98. The Morgan fingerprint density at radius 2 is 1.91 bits per heavy atom. The van der Waals surface area contributed by atoms with Gasteiger partial charge in [0.25, 0.3) is 0 Å². The summed E-state index contributed by atoms with van der Waals surface area (Å²) >= 11 is 3.30. The highest BCUT2D eigenvalue weighted by Gasteiger charge is 2.17. The van der Waals surface area contributed by atoms with E-state index in [1.807, 2.05) is 35.8 Å². The van der Waals surface area contributed by atoms with Crippen LogP contribution in [0.25, 0.3) is 16.6 Å². The molecule has 0 atom stereocenters. The first-order chi connectivity index (χ1) is 10.6. The zero-order valence-corrected chi connectivity index (χ0v) is 13.7. The first kappa shape index (κ1) is 14.5. The van der Waals surface area contributed by atoms with Crippen molar-refractivity contribution in [1.29, 1.82) is 5.26 Å². The number of rotatable bonds is 2. The number of nitrogens with zero attached hydrogens (tertiary/aromatic N) is 2. The molecule has 22 heavy (non-hydrogen) atoms. The summed E-state index contributed by atoms with van der Waals surface area (Å²) in [5.41, 5.74) is 3.14. The van der Waals surface area contributed by atoms with Gasteiger partial charge in [-0.15, -0.1) is 0 Å². The number of nitriles is 1. The van der Waals surface area contributed by atoms with Gasteiger partial charge in [-0.1, -0.05) is 0 Å². The third kappa shape index (κ3) is 2.13. The minimum Gasteiger partial charge on any atom is -0.507 e. The zero-order valence-electron chi connectivity index (χ0n) is 12.1. The van der Waals surface area contributed by atoms with Gasteiger partial charge in [0.05, 0.1) is 22.7 Å². The molecule has 0 aliphatic carbocycles. The van der Waals surface area contributed by atoms with E-state index in [0.717, 1.165) is 28.0 Å². The van der Waals surface area contributed by atoms with Gasteiger partial charge in [-0.2, -0.15) is 5.26 Å². The smallest absolute Gasteiger partial charge is 0.131 e. The largest absolute Gasteiger partial charge is 0.507 e. The molecule has 0 radical (unpaired) electrons. The van der Waals surface area contributed by atoms with Crippen LogP contribution in [0.2, 0.25) is 0 Å². The van der Waals surface area contributed by atoms with E-state index >= 15 is 0 Å². The van der Waals surface area contributed by atoms with Gasteiger partial charge in [0.2, 0.25) is 0 Å². The van der Waals surface area contributed by atoms with Gasteiger partial charge in [-0.25, -0.2) is 0 Å². The molecule has 0 saturated heterocycles. The summed E-state index contributed by atoms with van der Waals surface area (Å²) in [5.74, 6) is 0.910. The highest BCUT2D eigenvalue weighted by atomic mass is 79.9. The van der Waals surface area contributed by atoms with E-state index in [1.165, 1.54) is 0 Å². The first-order valence-corrected chi connectivity index (χ1v) is 7.44. The molecular formula is C17H13BrN2O2. The molecule has 0 aliphatic heterocycles. The summed E-state index contributed by atoms with van der Waals surface area (Å²) < 4.78 is 7.71. The minimum atomic E-state index is 0.143. The summed E-state index contributed by atoms with van der Waals surface area (Å²) in [6.45, 7) is 1.90. The summed E-state index contributed by atoms with van der Waals surface area (Å²) in [4.78, 5) is 0. The van der Waals surface area contributed by atoms with Crippen molar-refractivity contribution in [2.24, 2.45) is 0 Å². The van der Waals surface area contributed by atoms with Crippen molar-refractivity contribution in [1.82, 2.24) is 4.57 Å². The first-order valence-electron chi connectivity index (χ1n) is 6.65.